The molecule has 1 rings (SSSR count). The number of nitrogens with zero attached hydrogens (tertiary/aromatic N) is 1. The number of anilines is 1. The molecule has 1 aromatic heterocycles. The van der Waals surface area contributed by atoms with Gasteiger partial charge < -0.3 is 15.2 Å². The third-order valence-electron chi connectivity index (χ3n) is 2.81. The summed E-state index contributed by atoms with van der Waals surface area (Å²) in [6, 6.07) is 3.53. The second kappa shape index (κ2) is 8.61. The summed E-state index contributed by atoms with van der Waals surface area (Å²) < 4.78 is 10.6. The van der Waals surface area contributed by atoms with Crippen LogP contribution in [0.3, 0.4) is 0 Å². The van der Waals surface area contributed by atoms with Crippen LogP contribution in [-0.2, 0) is 0 Å². The van der Waals surface area contributed by atoms with Crippen molar-refractivity contribution >= 4 is 5.69 Å². The van der Waals surface area contributed by atoms with Crippen LogP contribution in [-0.4, -0.2) is 18.7 Å². The Balaban J connectivity index is 2.19. The van der Waals surface area contributed by atoms with E-state index < -0.39 is 0 Å². The highest BCUT2D eigenvalue weighted by Crippen LogP contribution is 2.21. The molecule has 0 atom stereocenters. The van der Waals surface area contributed by atoms with Crippen LogP contribution in [0, 0.1) is 0 Å². The molecule has 0 aliphatic carbocycles. The number of hydrogen-bond acceptors (Lipinski definition) is 4. The van der Waals surface area contributed by atoms with Gasteiger partial charge in [-0.2, -0.15) is 4.98 Å². The second-order valence-electron chi connectivity index (χ2n) is 4.36. The minimum absolute atomic E-state index is 0.426. The maximum atomic E-state index is 5.68. The zero-order valence-corrected chi connectivity index (χ0v) is 11.4. The first-order valence-electron chi connectivity index (χ1n) is 6.71. The molecule has 0 saturated carbocycles. The van der Waals surface area contributed by atoms with E-state index in [1.165, 1.54) is 32.1 Å². The first kappa shape index (κ1) is 14.6. The molecule has 0 aliphatic rings. The van der Waals surface area contributed by atoms with Gasteiger partial charge in [-0.15, -0.1) is 0 Å². The molecular formula is C14H24N2O2. The van der Waals surface area contributed by atoms with Crippen LogP contribution in [0.25, 0.3) is 0 Å². The lowest BCUT2D eigenvalue weighted by Gasteiger charge is -2.08. The number of methoxy groups -OCH3 is 1. The molecule has 18 heavy (non-hydrogen) atoms. The Morgan fingerprint density at radius 3 is 2.56 bits per heavy atom. The Kier molecular flexibility index (Phi) is 6.99. The van der Waals surface area contributed by atoms with Gasteiger partial charge >= 0.3 is 0 Å². The molecule has 0 aliphatic heterocycles. The van der Waals surface area contributed by atoms with Gasteiger partial charge in [-0.25, -0.2) is 0 Å². The molecule has 0 radical (unpaired) electrons. The molecule has 4 nitrogen and oxygen atoms in total. The molecule has 0 unspecified atom stereocenters. The number of unbranched alkanes of at least 4 members (excludes halogenated alkanes) is 5. The van der Waals surface area contributed by atoms with Crippen molar-refractivity contribution < 1.29 is 9.47 Å². The van der Waals surface area contributed by atoms with Crippen molar-refractivity contribution in [3.63, 3.8) is 0 Å². The molecular weight excluding hydrogens is 228 g/mol. The van der Waals surface area contributed by atoms with Crippen LogP contribution in [0.5, 0.6) is 11.8 Å². The van der Waals surface area contributed by atoms with Crippen molar-refractivity contribution in [2.24, 2.45) is 0 Å². The Bertz CT molecular complexity index is 343. The molecule has 0 saturated heterocycles. The summed E-state index contributed by atoms with van der Waals surface area (Å²) in [5.41, 5.74) is 6.21. The molecule has 0 amide bonds. The highest BCUT2D eigenvalue weighted by atomic mass is 16.5. The third kappa shape index (κ3) is 5.25. The van der Waals surface area contributed by atoms with E-state index in [9.17, 15) is 0 Å². The van der Waals surface area contributed by atoms with Crippen molar-refractivity contribution in [1.82, 2.24) is 4.98 Å². The first-order chi connectivity index (χ1) is 8.77. The smallest absolute Gasteiger partial charge is 0.240 e. The largest absolute Gasteiger partial charge is 0.479 e. The predicted molar refractivity (Wildman–Crippen MR) is 74.1 cm³/mol. The van der Waals surface area contributed by atoms with Gasteiger partial charge in [0.15, 0.2) is 0 Å². The van der Waals surface area contributed by atoms with Gasteiger partial charge in [-0.1, -0.05) is 39.0 Å². The molecule has 102 valence electrons. The average molecular weight is 252 g/mol. The standard InChI is InChI=1S/C14H24N2O2/c1-3-4-5-6-7-8-11-18-13-10-9-12(15)14(16-13)17-2/h9-10H,3-8,11,15H2,1-2H3. The molecule has 2 N–H and O–H groups in total. The molecule has 1 aromatic rings. The fraction of sp³-hybridized carbons (Fsp3) is 0.643. The number of nitrogen functional groups attached to an aromatic ring is 1. The number of ether oxygens (including phenoxy) is 2. The van der Waals surface area contributed by atoms with Crippen LogP contribution in [0.15, 0.2) is 12.1 Å². The summed E-state index contributed by atoms with van der Waals surface area (Å²) in [7, 11) is 1.55. The van der Waals surface area contributed by atoms with Gasteiger partial charge in [0.2, 0.25) is 11.8 Å². The number of aromatic nitrogens is 1. The molecule has 0 aromatic carbocycles. The number of hydrogen-bond donors (Lipinski definition) is 1. The predicted octanol–water partition coefficient (Wildman–Crippen LogP) is 3.41. The first-order valence-corrected chi connectivity index (χ1v) is 6.71. The highest BCUT2D eigenvalue weighted by molar-refractivity contribution is 5.49. The van der Waals surface area contributed by atoms with E-state index in [-0.39, 0.29) is 0 Å². The monoisotopic (exact) mass is 252 g/mol. The summed E-state index contributed by atoms with van der Waals surface area (Å²) in [5.74, 6) is 1.00. The zero-order valence-electron chi connectivity index (χ0n) is 11.4. The topological polar surface area (TPSA) is 57.4 Å². The van der Waals surface area contributed by atoms with E-state index in [0.717, 1.165) is 6.42 Å². The van der Waals surface area contributed by atoms with Gasteiger partial charge in [0.1, 0.15) is 0 Å². The van der Waals surface area contributed by atoms with E-state index >= 15 is 0 Å². The summed E-state index contributed by atoms with van der Waals surface area (Å²) in [6.45, 7) is 2.93. The van der Waals surface area contributed by atoms with Crippen molar-refractivity contribution in [3.8, 4) is 11.8 Å². The highest BCUT2D eigenvalue weighted by Gasteiger charge is 2.03. The zero-order chi connectivity index (χ0) is 13.2. The van der Waals surface area contributed by atoms with Gasteiger partial charge in [-0.05, 0) is 12.5 Å². The number of nitrogens with two attached hydrogens (primary N) is 1. The van der Waals surface area contributed by atoms with Gasteiger partial charge in [0, 0.05) is 6.07 Å². The van der Waals surface area contributed by atoms with Crippen LogP contribution >= 0.6 is 0 Å². The van der Waals surface area contributed by atoms with Crippen LogP contribution in [0.1, 0.15) is 45.4 Å². The molecule has 1 heterocycles. The van der Waals surface area contributed by atoms with Crippen molar-refractivity contribution in [1.29, 1.82) is 0 Å². The normalized spacial score (nSPS) is 10.3. The Labute approximate surface area is 110 Å². The maximum absolute atomic E-state index is 5.68. The minimum atomic E-state index is 0.426. The molecule has 0 fully saturated rings. The Morgan fingerprint density at radius 1 is 1.11 bits per heavy atom. The Hall–Kier alpha value is -1.45. The maximum Gasteiger partial charge on any atom is 0.240 e. The lowest BCUT2D eigenvalue weighted by Crippen LogP contribution is -2.01. The van der Waals surface area contributed by atoms with Crippen molar-refractivity contribution in [2.45, 2.75) is 45.4 Å². The molecule has 0 spiro atoms. The Morgan fingerprint density at radius 2 is 1.83 bits per heavy atom. The quantitative estimate of drug-likeness (QED) is 0.684. The SMILES string of the molecule is CCCCCCCCOc1ccc(N)c(OC)n1. The van der Waals surface area contributed by atoms with Crippen molar-refractivity contribution in [2.75, 3.05) is 19.5 Å². The summed E-state index contributed by atoms with van der Waals surface area (Å²) in [4.78, 5) is 4.17. The summed E-state index contributed by atoms with van der Waals surface area (Å²) >= 11 is 0. The molecule has 0 bridgehead atoms. The van der Waals surface area contributed by atoms with Gasteiger partial charge in [0.25, 0.3) is 0 Å². The number of rotatable bonds is 9. The summed E-state index contributed by atoms with van der Waals surface area (Å²) in [6.07, 6.45) is 7.51. The lowest BCUT2D eigenvalue weighted by molar-refractivity contribution is 0.287. The fourth-order valence-electron chi connectivity index (χ4n) is 1.74. The van der Waals surface area contributed by atoms with Crippen LogP contribution in [0.2, 0.25) is 0 Å². The summed E-state index contributed by atoms with van der Waals surface area (Å²) in [5, 5.41) is 0. The average Bonchev–Trinajstić information content (AvgIpc) is 2.39. The van der Waals surface area contributed by atoms with Crippen LogP contribution < -0.4 is 15.2 Å². The van der Waals surface area contributed by atoms with E-state index in [4.69, 9.17) is 15.2 Å². The van der Waals surface area contributed by atoms with Gasteiger partial charge in [0.05, 0.1) is 19.4 Å². The van der Waals surface area contributed by atoms with Crippen LogP contribution in [0.4, 0.5) is 5.69 Å². The van der Waals surface area contributed by atoms with Gasteiger partial charge in [-0.3, -0.25) is 0 Å². The van der Waals surface area contributed by atoms with E-state index in [2.05, 4.69) is 11.9 Å². The minimum Gasteiger partial charge on any atom is -0.479 e. The third-order valence-corrected chi connectivity index (χ3v) is 2.81. The van der Waals surface area contributed by atoms with Crippen molar-refractivity contribution in [3.05, 3.63) is 12.1 Å². The lowest BCUT2D eigenvalue weighted by atomic mass is 10.1. The number of pyridine rings is 1. The van der Waals surface area contributed by atoms with E-state index in [1.54, 1.807) is 19.2 Å². The molecule has 4 heteroatoms. The fourth-order valence-corrected chi connectivity index (χ4v) is 1.74. The van der Waals surface area contributed by atoms with E-state index in [1.807, 2.05) is 0 Å². The second-order valence-corrected chi connectivity index (χ2v) is 4.36. The van der Waals surface area contributed by atoms with E-state index in [0.29, 0.717) is 24.1 Å².